The number of nitrogens with one attached hydrogen (secondary N) is 1. The molecular weight excluding hydrogens is 270 g/mol. The highest BCUT2D eigenvalue weighted by Gasteiger charge is 2.14. The highest BCUT2D eigenvalue weighted by molar-refractivity contribution is 5.75. The standard InChI is InChI=1S/C14H11N5O2/c1-18-12-10(13(20)19(2)14(18)21)16-11(17-12)9-5-3-4-8(6-9)7-15/h3-6H,1-2H3,(H,16,17). The molecule has 104 valence electrons. The maximum Gasteiger partial charge on any atom is 0.332 e. The molecule has 7 nitrogen and oxygen atoms in total. The van der Waals surface area contributed by atoms with Gasteiger partial charge in [0, 0.05) is 19.7 Å². The van der Waals surface area contributed by atoms with Gasteiger partial charge in [-0.1, -0.05) is 12.1 Å². The first-order valence-corrected chi connectivity index (χ1v) is 6.19. The van der Waals surface area contributed by atoms with Gasteiger partial charge in [-0.05, 0) is 12.1 Å². The number of benzene rings is 1. The summed E-state index contributed by atoms with van der Waals surface area (Å²) in [5, 5.41) is 8.93. The molecule has 0 aliphatic carbocycles. The van der Waals surface area contributed by atoms with Gasteiger partial charge in [0.1, 0.15) is 11.3 Å². The lowest BCUT2D eigenvalue weighted by molar-refractivity contribution is 0.709. The van der Waals surface area contributed by atoms with Gasteiger partial charge in [0.2, 0.25) is 0 Å². The first-order chi connectivity index (χ1) is 10.0. The number of aromatic nitrogens is 4. The molecule has 7 heteroatoms. The van der Waals surface area contributed by atoms with Crippen LogP contribution in [0.15, 0.2) is 33.9 Å². The van der Waals surface area contributed by atoms with Crippen LogP contribution in [-0.2, 0) is 14.1 Å². The molecule has 0 amide bonds. The van der Waals surface area contributed by atoms with E-state index >= 15 is 0 Å². The fourth-order valence-electron chi connectivity index (χ4n) is 2.20. The third kappa shape index (κ3) is 1.85. The molecule has 2 aromatic heterocycles. The van der Waals surface area contributed by atoms with Crippen molar-refractivity contribution in [1.29, 1.82) is 5.26 Å². The second-order valence-corrected chi connectivity index (χ2v) is 4.68. The average molecular weight is 281 g/mol. The number of aryl methyl sites for hydroxylation is 1. The predicted octanol–water partition coefficient (Wildman–Crippen LogP) is 0.499. The van der Waals surface area contributed by atoms with Crippen LogP contribution in [0.1, 0.15) is 5.56 Å². The maximum atomic E-state index is 12.1. The Bertz CT molecular complexity index is 1020. The fraction of sp³-hybridized carbons (Fsp3) is 0.143. The Morgan fingerprint density at radius 1 is 1.24 bits per heavy atom. The number of hydrogen-bond donors (Lipinski definition) is 1. The summed E-state index contributed by atoms with van der Waals surface area (Å²) in [5.74, 6) is 0.445. The number of H-pyrrole nitrogens is 1. The Kier molecular flexibility index (Phi) is 2.73. The molecule has 3 rings (SSSR count). The van der Waals surface area contributed by atoms with E-state index in [0.29, 0.717) is 22.6 Å². The van der Waals surface area contributed by atoms with Crippen LogP contribution in [-0.4, -0.2) is 19.1 Å². The lowest BCUT2D eigenvalue weighted by Crippen LogP contribution is -2.36. The molecule has 0 radical (unpaired) electrons. The minimum atomic E-state index is -0.434. The molecule has 0 saturated heterocycles. The smallest absolute Gasteiger partial charge is 0.332 e. The van der Waals surface area contributed by atoms with Gasteiger partial charge in [-0.2, -0.15) is 5.26 Å². The highest BCUT2D eigenvalue weighted by atomic mass is 16.2. The average Bonchev–Trinajstić information content (AvgIpc) is 2.96. The molecule has 0 aliphatic heterocycles. The van der Waals surface area contributed by atoms with E-state index in [-0.39, 0.29) is 5.52 Å². The largest absolute Gasteiger partial charge is 0.332 e. The summed E-state index contributed by atoms with van der Waals surface area (Å²) < 4.78 is 2.33. The Balaban J connectivity index is 2.34. The zero-order valence-electron chi connectivity index (χ0n) is 11.4. The molecule has 21 heavy (non-hydrogen) atoms. The monoisotopic (exact) mass is 281 g/mol. The van der Waals surface area contributed by atoms with Crippen LogP contribution in [0.2, 0.25) is 0 Å². The van der Waals surface area contributed by atoms with E-state index in [9.17, 15) is 9.59 Å². The number of aromatic amines is 1. The molecular formula is C14H11N5O2. The van der Waals surface area contributed by atoms with E-state index in [0.717, 1.165) is 4.57 Å². The van der Waals surface area contributed by atoms with E-state index in [1.807, 2.05) is 6.07 Å². The van der Waals surface area contributed by atoms with Crippen molar-refractivity contribution in [3.8, 4) is 17.5 Å². The van der Waals surface area contributed by atoms with Crippen LogP contribution in [0.4, 0.5) is 0 Å². The zero-order chi connectivity index (χ0) is 15.1. The number of nitrogens with zero attached hydrogens (tertiary/aromatic N) is 4. The van der Waals surface area contributed by atoms with E-state index < -0.39 is 11.2 Å². The van der Waals surface area contributed by atoms with E-state index in [1.54, 1.807) is 31.3 Å². The van der Waals surface area contributed by atoms with Crippen molar-refractivity contribution in [3.63, 3.8) is 0 Å². The number of rotatable bonds is 1. The molecule has 0 bridgehead atoms. The number of nitriles is 1. The summed E-state index contributed by atoms with van der Waals surface area (Å²) in [6, 6.07) is 8.91. The van der Waals surface area contributed by atoms with Gasteiger partial charge in [0.05, 0.1) is 11.6 Å². The van der Waals surface area contributed by atoms with Gasteiger partial charge < -0.3 is 4.98 Å². The number of imidazole rings is 1. The molecule has 0 spiro atoms. The van der Waals surface area contributed by atoms with Gasteiger partial charge in [0.15, 0.2) is 5.65 Å². The molecule has 0 unspecified atom stereocenters. The molecule has 3 aromatic rings. The predicted molar refractivity (Wildman–Crippen MR) is 76.7 cm³/mol. The van der Waals surface area contributed by atoms with Crippen molar-refractivity contribution < 1.29 is 0 Å². The number of fused-ring (bicyclic) bond motifs is 1. The van der Waals surface area contributed by atoms with Gasteiger partial charge in [-0.3, -0.25) is 13.9 Å². The minimum Gasteiger partial charge on any atom is -0.332 e. The van der Waals surface area contributed by atoms with Crippen LogP contribution in [0, 0.1) is 11.3 Å². The molecule has 0 saturated carbocycles. The molecule has 0 aliphatic rings. The lowest BCUT2D eigenvalue weighted by atomic mass is 10.1. The molecule has 1 aromatic carbocycles. The molecule has 2 heterocycles. The van der Waals surface area contributed by atoms with E-state index in [2.05, 4.69) is 9.97 Å². The van der Waals surface area contributed by atoms with Crippen LogP contribution in [0.5, 0.6) is 0 Å². The number of hydrogen-bond acceptors (Lipinski definition) is 4. The van der Waals surface area contributed by atoms with E-state index in [4.69, 9.17) is 5.26 Å². The van der Waals surface area contributed by atoms with Crippen LogP contribution >= 0.6 is 0 Å². The minimum absolute atomic E-state index is 0.261. The summed E-state index contributed by atoms with van der Waals surface area (Å²) in [4.78, 5) is 31.2. The second kappa shape index (κ2) is 4.45. The van der Waals surface area contributed by atoms with Crippen LogP contribution in [0.3, 0.4) is 0 Å². The Morgan fingerprint density at radius 2 is 2.00 bits per heavy atom. The summed E-state index contributed by atoms with van der Waals surface area (Å²) >= 11 is 0. The normalized spacial score (nSPS) is 10.7. The first-order valence-electron chi connectivity index (χ1n) is 6.19. The van der Waals surface area contributed by atoms with Crippen LogP contribution < -0.4 is 11.2 Å². The Hall–Kier alpha value is -3.14. The maximum absolute atomic E-state index is 12.1. The van der Waals surface area contributed by atoms with Crippen LogP contribution in [0.25, 0.3) is 22.6 Å². The fourth-order valence-corrected chi connectivity index (χ4v) is 2.20. The van der Waals surface area contributed by atoms with Crippen molar-refractivity contribution in [2.24, 2.45) is 14.1 Å². The SMILES string of the molecule is Cn1c(=O)c2[nH]c(-c3cccc(C#N)c3)nc2n(C)c1=O. The van der Waals surface area contributed by atoms with Crippen molar-refractivity contribution in [3.05, 3.63) is 50.7 Å². The third-order valence-electron chi connectivity index (χ3n) is 3.36. The Morgan fingerprint density at radius 3 is 2.71 bits per heavy atom. The molecule has 0 fully saturated rings. The quantitative estimate of drug-likeness (QED) is 0.702. The van der Waals surface area contributed by atoms with Gasteiger partial charge in [0.25, 0.3) is 5.56 Å². The van der Waals surface area contributed by atoms with Crippen molar-refractivity contribution in [2.45, 2.75) is 0 Å². The van der Waals surface area contributed by atoms with Crippen molar-refractivity contribution >= 4 is 11.2 Å². The third-order valence-corrected chi connectivity index (χ3v) is 3.36. The molecule has 0 atom stereocenters. The zero-order valence-corrected chi connectivity index (χ0v) is 11.4. The van der Waals surface area contributed by atoms with E-state index in [1.165, 1.54) is 11.6 Å². The van der Waals surface area contributed by atoms with Crippen molar-refractivity contribution in [1.82, 2.24) is 19.1 Å². The highest BCUT2D eigenvalue weighted by Crippen LogP contribution is 2.18. The summed E-state index contributed by atoms with van der Waals surface area (Å²) in [7, 11) is 2.97. The molecule has 1 N–H and O–H groups in total. The summed E-state index contributed by atoms with van der Waals surface area (Å²) in [6.07, 6.45) is 0. The summed E-state index contributed by atoms with van der Waals surface area (Å²) in [6.45, 7) is 0. The van der Waals surface area contributed by atoms with Crippen molar-refractivity contribution in [2.75, 3.05) is 0 Å². The first kappa shape index (κ1) is 12.9. The summed E-state index contributed by atoms with van der Waals surface area (Å²) in [5.41, 5.74) is 0.867. The van der Waals surface area contributed by atoms with Gasteiger partial charge >= 0.3 is 5.69 Å². The Labute approximate surface area is 118 Å². The lowest BCUT2D eigenvalue weighted by Gasteiger charge is -2.00. The van der Waals surface area contributed by atoms with Gasteiger partial charge in [-0.25, -0.2) is 9.78 Å². The topological polar surface area (TPSA) is 96.5 Å². The second-order valence-electron chi connectivity index (χ2n) is 4.68. The van der Waals surface area contributed by atoms with Gasteiger partial charge in [-0.15, -0.1) is 0 Å².